The van der Waals surface area contributed by atoms with Gasteiger partial charge in [0.05, 0.1) is 25.5 Å². The number of fused-ring (bicyclic) bond motifs is 1. The molecule has 1 saturated heterocycles. The fraction of sp³-hybridized carbons (Fsp3) is 0.619. The Balaban J connectivity index is 0.00000320. The van der Waals surface area contributed by atoms with Crippen LogP contribution in [-0.2, 0) is 14.3 Å². The van der Waals surface area contributed by atoms with Gasteiger partial charge < -0.3 is 29.3 Å². The van der Waals surface area contributed by atoms with Crippen LogP contribution in [0.1, 0.15) is 12.8 Å². The molecule has 0 aromatic heterocycles. The molecule has 0 aliphatic carbocycles. The van der Waals surface area contributed by atoms with Crippen molar-refractivity contribution in [1.29, 1.82) is 0 Å². The molecule has 0 bridgehead atoms. The van der Waals surface area contributed by atoms with E-state index in [0.29, 0.717) is 25.7 Å². The van der Waals surface area contributed by atoms with Gasteiger partial charge in [0.15, 0.2) is 12.6 Å². The van der Waals surface area contributed by atoms with E-state index in [1.54, 1.807) is 7.11 Å². The second-order valence-electron chi connectivity index (χ2n) is 7.30. The summed E-state index contributed by atoms with van der Waals surface area (Å²) in [6.07, 6.45) is 1.93. The second-order valence-corrected chi connectivity index (χ2v) is 7.30. The third-order valence-corrected chi connectivity index (χ3v) is 5.23. The first kappa shape index (κ1) is 24.7. The van der Waals surface area contributed by atoms with Gasteiger partial charge in [-0.3, -0.25) is 9.79 Å². The first-order valence-electron chi connectivity index (χ1n) is 10.3. The second kappa shape index (κ2) is 13.0. The minimum absolute atomic E-state index is 0. The number of rotatable bonds is 9. The van der Waals surface area contributed by atoms with Crippen molar-refractivity contribution >= 4 is 41.5 Å². The number of ether oxygens (including phenoxy) is 3. The fourth-order valence-corrected chi connectivity index (χ4v) is 3.72. The van der Waals surface area contributed by atoms with E-state index in [1.807, 2.05) is 36.2 Å². The van der Waals surface area contributed by atoms with Crippen molar-refractivity contribution in [2.75, 3.05) is 71.7 Å². The van der Waals surface area contributed by atoms with Gasteiger partial charge in [-0.15, -0.1) is 24.0 Å². The molecule has 0 spiro atoms. The number of benzene rings is 1. The van der Waals surface area contributed by atoms with E-state index in [2.05, 4.69) is 15.2 Å². The summed E-state index contributed by atoms with van der Waals surface area (Å²) in [7, 11) is 3.50. The molecular weight excluding hydrogens is 499 g/mol. The van der Waals surface area contributed by atoms with Crippen LogP contribution in [0.3, 0.4) is 0 Å². The minimum atomic E-state index is 0. The van der Waals surface area contributed by atoms with Crippen molar-refractivity contribution in [2.45, 2.75) is 12.8 Å². The molecule has 8 nitrogen and oxygen atoms in total. The van der Waals surface area contributed by atoms with E-state index >= 15 is 0 Å². The van der Waals surface area contributed by atoms with Gasteiger partial charge in [-0.2, -0.15) is 0 Å². The Morgan fingerprint density at radius 2 is 2.17 bits per heavy atom. The van der Waals surface area contributed by atoms with Crippen LogP contribution in [-0.4, -0.2) is 83.5 Å². The zero-order chi connectivity index (χ0) is 20.5. The maximum Gasteiger partial charge on any atom is 0.265 e. The van der Waals surface area contributed by atoms with Crippen LogP contribution in [0.5, 0.6) is 5.75 Å². The van der Waals surface area contributed by atoms with E-state index in [4.69, 9.17) is 14.2 Å². The number of halogens is 1. The highest BCUT2D eigenvalue weighted by molar-refractivity contribution is 14.0. The summed E-state index contributed by atoms with van der Waals surface area (Å²) in [6, 6.07) is 7.68. The van der Waals surface area contributed by atoms with Crippen LogP contribution in [0.2, 0.25) is 0 Å². The van der Waals surface area contributed by atoms with Gasteiger partial charge >= 0.3 is 0 Å². The Kier molecular flexibility index (Phi) is 10.7. The summed E-state index contributed by atoms with van der Waals surface area (Å²) < 4.78 is 16.2. The standard InChI is InChI=1S/C21H32N4O4.HI/c1-22-21(24-11-8-17(14-24)15-28-13-12-27-2)23-9-5-10-25-18-6-3-4-7-19(18)29-16-20(25)26;/h3-4,6-7,17H,5,8-16H2,1-2H3,(H,22,23);1H. The van der Waals surface area contributed by atoms with Gasteiger partial charge in [0, 0.05) is 46.3 Å². The molecule has 1 N–H and O–H groups in total. The molecule has 168 valence electrons. The highest BCUT2D eigenvalue weighted by Crippen LogP contribution is 2.31. The topological polar surface area (TPSA) is 75.6 Å². The smallest absolute Gasteiger partial charge is 0.265 e. The minimum Gasteiger partial charge on any atom is -0.482 e. The highest BCUT2D eigenvalue weighted by Gasteiger charge is 2.26. The summed E-state index contributed by atoms with van der Waals surface area (Å²) in [4.78, 5) is 20.8. The quantitative estimate of drug-likeness (QED) is 0.227. The molecule has 0 radical (unpaired) electrons. The van der Waals surface area contributed by atoms with Crippen LogP contribution in [0.25, 0.3) is 0 Å². The van der Waals surface area contributed by atoms with Crippen molar-refractivity contribution < 1.29 is 19.0 Å². The molecule has 2 aliphatic heterocycles. The number of nitrogens with zero attached hydrogens (tertiary/aromatic N) is 3. The highest BCUT2D eigenvalue weighted by atomic mass is 127. The van der Waals surface area contributed by atoms with Gasteiger partial charge in [-0.25, -0.2) is 0 Å². The summed E-state index contributed by atoms with van der Waals surface area (Å²) in [5, 5.41) is 3.43. The van der Waals surface area contributed by atoms with Crippen molar-refractivity contribution in [3.05, 3.63) is 24.3 Å². The zero-order valence-corrected chi connectivity index (χ0v) is 20.2. The maximum absolute atomic E-state index is 12.2. The molecule has 9 heteroatoms. The van der Waals surface area contributed by atoms with Crippen molar-refractivity contribution in [3.8, 4) is 5.75 Å². The predicted molar refractivity (Wildman–Crippen MR) is 128 cm³/mol. The molecule has 1 atom stereocenters. The van der Waals surface area contributed by atoms with E-state index in [0.717, 1.165) is 56.5 Å². The van der Waals surface area contributed by atoms with Crippen LogP contribution in [0.4, 0.5) is 5.69 Å². The molecule has 0 saturated carbocycles. The molecule has 3 rings (SSSR count). The van der Waals surface area contributed by atoms with Crippen LogP contribution in [0, 0.1) is 5.92 Å². The number of guanidine groups is 1. The number of carbonyl (C=O) groups is 1. The molecule has 2 aliphatic rings. The summed E-state index contributed by atoms with van der Waals surface area (Å²) in [5.41, 5.74) is 0.851. The third kappa shape index (κ3) is 6.71. The summed E-state index contributed by atoms with van der Waals surface area (Å²) in [5.74, 6) is 2.21. The predicted octanol–water partition coefficient (Wildman–Crippen LogP) is 1.98. The van der Waals surface area contributed by atoms with E-state index in [1.165, 1.54) is 0 Å². The SMILES string of the molecule is CN=C(NCCCN1C(=O)COc2ccccc21)N1CCC(COCCOC)C1.I. The van der Waals surface area contributed by atoms with Gasteiger partial charge in [-0.1, -0.05) is 12.1 Å². The van der Waals surface area contributed by atoms with Crippen LogP contribution in [0.15, 0.2) is 29.3 Å². The van der Waals surface area contributed by atoms with Crippen LogP contribution < -0.4 is 15.0 Å². The fourth-order valence-electron chi connectivity index (χ4n) is 3.72. The molecule has 1 unspecified atom stereocenters. The molecule has 2 heterocycles. The molecule has 1 amide bonds. The van der Waals surface area contributed by atoms with Gasteiger partial charge in [0.2, 0.25) is 0 Å². The lowest BCUT2D eigenvalue weighted by Gasteiger charge is -2.29. The number of methoxy groups -OCH3 is 1. The van der Waals surface area contributed by atoms with Gasteiger partial charge in [0.1, 0.15) is 5.75 Å². The molecule has 1 aromatic carbocycles. The number of anilines is 1. The first-order valence-corrected chi connectivity index (χ1v) is 10.3. The molecule has 1 fully saturated rings. The van der Waals surface area contributed by atoms with E-state index in [9.17, 15) is 4.79 Å². The average molecular weight is 532 g/mol. The van der Waals surface area contributed by atoms with Crippen molar-refractivity contribution in [1.82, 2.24) is 10.2 Å². The monoisotopic (exact) mass is 532 g/mol. The number of para-hydroxylation sites is 2. The van der Waals surface area contributed by atoms with Crippen LogP contribution >= 0.6 is 24.0 Å². The summed E-state index contributed by atoms with van der Waals surface area (Å²) >= 11 is 0. The average Bonchev–Trinajstić information content (AvgIpc) is 3.21. The number of hydrogen-bond donors (Lipinski definition) is 1. The maximum atomic E-state index is 12.2. The van der Waals surface area contributed by atoms with Crippen molar-refractivity contribution in [2.24, 2.45) is 10.9 Å². The Morgan fingerprint density at radius 1 is 1.33 bits per heavy atom. The number of amides is 1. The largest absolute Gasteiger partial charge is 0.482 e. The Morgan fingerprint density at radius 3 is 2.97 bits per heavy atom. The normalized spacial score (nSPS) is 18.7. The zero-order valence-electron chi connectivity index (χ0n) is 17.8. The van der Waals surface area contributed by atoms with E-state index < -0.39 is 0 Å². The Bertz CT molecular complexity index is 703. The first-order chi connectivity index (χ1) is 14.2. The Hall–Kier alpha value is -1.59. The van der Waals surface area contributed by atoms with Gasteiger partial charge in [0.25, 0.3) is 5.91 Å². The molecule has 30 heavy (non-hydrogen) atoms. The number of aliphatic imine (C=N–C) groups is 1. The third-order valence-electron chi connectivity index (χ3n) is 5.23. The summed E-state index contributed by atoms with van der Waals surface area (Å²) in [6.45, 7) is 5.47. The lowest BCUT2D eigenvalue weighted by molar-refractivity contribution is -0.121. The van der Waals surface area contributed by atoms with E-state index in [-0.39, 0.29) is 36.5 Å². The lowest BCUT2D eigenvalue weighted by atomic mass is 10.1. The molecular formula is C21H33IN4O4. The Labute approximate surface area is 196 Å². The number of carbonyl (C=O) groups excluding carboxylic acids is 1. The number of hydrogen-bond acceptors (Lipinski definition) is 5. The number of likely N-dealkylation sites (tertiary alicyclic amines) is 1. The lowest BCUT2D eigenvalue weighted by Crippen LogP contribution is -2.43. The molecule has 1 aromatic rings. The van der Waals surface area contributed by atoms with Gasteiger partial charge in [-0.05, 0) is 25.0 Å². The number of nitrogens with one attached hydrogen (secondary N) is 1. The van der Waals surface area contributed by atoms with Crippen molar-refractivity contribution in [3.63, 3.8) is 0 Å².